The van der Waals surface area contributed by atoms with Gasteiger partial charge in [0.15, 0.2) is 11.6 Å². The smallest absolute Gasteiger partial charge is 0.174 e. The van der Waals surface area contributed by atoms with Crippen molar-refractivity contribution < 1.29 is 4.74 Å². The van der Waals surface area contributed by atoms with E-state index in [-0.39, 0.29) is 6.61 Å². The van der Waals surface area contributed by atoms with Gasteiger partial charge in [0.2, 0.25) is 0 Å². The number of hydrogen-bond acceptors (Lipinski definition) is 4. The first-order chi connectivity index (χ1) is 12.7. The van der Waals surface area contributed by atoms with Crippen molar-refractivity contribution in [2.75, 3.05) is 6.61 Å². The minimum atomic E-state index is 0.222. The van der Waals surface area contributed by atoms with Gasteiger partial charge in [-0.1, -0.05) is 48.4 Å². The molecule has 1 heterocycles. The third-order valence-corrected chi connectivity index (χ3v) is 3.78. The Labute approximate surface area is 152 Å². The van der Waals surface area contributed by atoms with Gasteiger partial charge in [0.1, 0.15) is 18.4 Å². The van der Waals surface area contributed by atoms with Crippen molar-refractivity contribution in [2.24, 2.45) is 7.05 Å². The van der Waals surface area contributed by atoms with E-state index in [4.69, 9.17) is 11.2 Å². The molecule has 5 nitrogen and oxygen atoms in total. The lowest BCUT2D eigenvalue weighted by molar-refractivity contribution is 0.370. The predicted molar refractivity (Wildman–Crippen MR) is 101 cm³/mol. The molecule has 0 amide bonds. The molecule has 0 atom stereocenters. The third kappa shape index (κ3) is 3.63. The summed E-state index contributed by atoms with van der Waals surface area (Å²) < 4.78 is 7.16. The molecule has 0 N–H and O–H groups in total. The number of allylic oxidation sites excluding steroid dienone is 1. The molecule has 3 aromatic rings. The van der Waals surface area contributed by atoms with Crippen LogP contribution in [0.5, 0.6) is 5.75 Å². The van der Waals surface area contributed by atoms with Gasteiger partial charge in [-0.3, -0.25) is 0 Å². The first-order valence-electron chi connectivity index (χ1n) is 7.96. The fraction of sp³-hybridized carbons (Fsp3) is 0.0952. The molecule has 5 heteroatoms. The number of hydrogen-bond donors (Lipinski definition) is 0. The number of nitrogens with zero attached hydrogens (tertiary/aromatic N) is 4. The van der Waals surface area contributed by atoms with Crippen molar-refractivity contribution in [1.82, 2.24) is 14.8 Å². The third-order valence-electron chi connectivity index (χ3n) is 3.78. The SMILES string of the molecule is C#CCOc1ccc(C=C(C#N)c2nnc(-c3ccccc3)n2C)cc1. The van der Waals surface area contributed by atoms with Crippen molar-refractivity contribution in [3.05, 3.63) is 66.0 Å². The molecule has 0 saturated carbocycles. The van der Waals surface area contributed by atoms with Crippen molar-refractivity contribution in [1.29, 1.82) is 5.26 Å². The van der Waals surface area contributed by atoms with E-state index in [9.17, 15) is 5.26 Å². The molecule has 0 fully saturated rings. The van der Waals surface area contributed by atoms with Gasteiger partial charge in [-0.05, 0) is 23.8 Å². The Morgan fingerprint density at radius 1 is 1.15 bits per heavy atom. The Morgan fingerprint density at radius 2 is 1.88 bits per heavy atom. The summed E-state index contributed by atoms with van der Waals surface area (Å²) in [6.07, 6.45) is 6.94. The molecular weight excluding hydrogens is 324 g/mol. The molecule has 1 aromatic heterocycles. The molecule has 0 bridgehead atoms. The number of ether oxygens (including phenoxy) is 1. The minimum absolute atomic E-state index is 0.222. The zero-order chi connectivity index (χ0) is 18.4. The van der Waals surface area contributed by atoms with E-state index in [1.54, 1.807) is 6.08 Å². The van der Waals surface area contributed by atoms with E-state index in [2.05, 4.69) is 22.2 Å². The van der Waals surface area contributed by atoms with E-state index >= 15 is 0 Å². The van der Waals surface area contributed by atoms with Crippen LogP contribution in [-0.2, 0) is 7.05 Å². The van der Waals surface area contributed by atoms with Crippen LogP contribution in [0.3, 0.4) is 0 Å². The molecular formula is C21H16N4O. The predicted octanol–water partition coefficient (Wildman–Crippen LogP) is 3.56. The van der Waals surface area contributed by atoms with Crippen molar-refractivity contribution in [3.8, 4) is 35.6 Å². The van der Waals surface area contributed by atoms with E-state index in [0.717, 1.165) is 11.1 Å². The van der Waals surface area contributed by atoms with Crippen molar-refractivity contribution in [3.63, 3.8) is 0 Å². The average molecular weight is 340 g/mol. The van der Waals surface area contributed by atoms with E-state index in [1.807, 2.05) is 66.2 Å². The molecule has 0 aliphatic heterocycles. The summed E-state index contributed by atoms with van der Waals surface area (Å²) in [4.78, 5) is 0. The van der Waals surface area contributed by atoms with Crippen LogP contribution in [0, 0.1) is 23.7 Å². The highest BCUT2D eigenvalue weighted by molar-refractivity contribution is 5.87. The van der Waals surface area contributed by atoms with Crippen LogP contribution in [-0.4, -0.2) is 21.4 Å². The van der Waals surface area contributed by atoms with Crippen LogP contribution in [0.4, 0.5) is 0 Å². The van der Waals surface area contributed by atoms with E-state index < -0.39 is 0 Å². The maximum atomic E-state index is 9.57. The van der Waals surface area contributed by atoms with Gasteiger partial charge in [-0.15, -0.1) is 16.6 Å². The maximum Gasteiger partial charge on any atom is 0.174 e. The molecule has 3 rings (SSSR count). The van der Waals surface area contributed by atoms with Gasteiger partial charge in [0.25, 0.3) is 0 Å². The molecule has 0 aliphatic rings. The summed E-state index contributed by atoms with van der Waals surface area (Å²) >= 11 is 0. The van der Waals surface area contributed by atoms with Gasteiger partial charge < -0.3 is 9.30 Å². The quantitative estimate of drug-likeness (QED) is 0.526. The molecule has 0 radical (unpaired) electrons. The fourth-order valence-corrected chi connectivity index (χ4v) is 2.50. The molecule has 0 unspecified atom stereocenters. The first-order valence-corrected chi connectivity index (χ1v) is 7.96. The lowest BCUT2D eigenvalue weighted by Crippen LogP contribution is -1.98. The number of benzene rings is 2. The van der Waals surface area contributed by atoms with Crippen LogP contribution in [0.1, 0.15) is 11.4 Å². The van der Waals surface area contributed by atoms with Crippen LogP contribution in [0.15, 0.2) is 54.6 Å². The monoisotopic (exact) mass is 340 g/mol. The van der Waals surface area contributed by atoms with E-state index in [0.29, 0.717) is 23.0 Å². The molecule has 0 spiro atoms. The molecule has 0 saturated heterocycles. The summed E-state index contributed by atoms with van der Waals surface area (Å²) in [6.45, 7) is 0.222. The molecule has 2 aromatic carbocycles. The molecule has 126 valence electrons. The summed E-state index contributed by atoms with van der Waals surface area (Å²) in [5.41, 5.74) is 2.24. The van der Waals surface area contributed by atoms with Crippen LogP contribution in [0.25, 0.3) is 23.0 Å². The Morgan fingerprint density at radius 3 is 2.54 bits per heavy atom. The molecule has 0 aliphatic carbocycles. The highest BCUT2D eigenvalue weighted by Gasteiger charge is 2.14. The fourth-order valence-electron chi connectivity index (χ4n) is 2.50. The maximum absolute atomic E-state index is 9.57. The Bertz CT molecular complexity index is 1000. The number of rotatable bonds is 5. The number of nitriles is 1. The second kappa shape index (κ2) is 7.83. The summed E-state index contributed by atoms with van der Waals surface area (Å²) in [5, 5.41) is 18.0. The van der Waals surface area contributed by atoms with Gasteiger partial charge in [-0.2, -0.15) is 5.26 Å². The van der Waals surface area contributed by atoms with Gasteiger partial charge in [-0.25, -0.2) is 0 Å². The minimum Gasteiger partial charge on any atom is -0.481 e. The Balaban J connectivity index is 1.90. The largest absolute Gasteiger partial charge is 0.481 e. The standard InChI is InChI=1S/C21H16N4O/c1-3-13-26-19-11-9-16(10-12-19)14-18(15-22)21-24-23-20(25(21)2)17-7-5-4-6-8-17/h1,4-12,14H,13H2,2H3. The second-order valence-electron chi connectivity index (χ2n) is 5.50. The first kappa shape index (κ1) is 17.0. The number of aromatic nitrogens is 3. The lowest BCUT2D eigenvalue weighted by atomic mass is 10.1. The van der Waals surface area contributed by atoms with E-state index in [1.165, 1.54) is 0 Å². The van der Waals surface area contributed by atoms with Crippen LogP contribution in [0.2, 0.25) is 0 Å². The zero-order valence-electron chi connectivity index (χ0n) is 14.3. The normalized spacial score (nSPS) is 10.8. The van der Waals surface area contributed by atoms with Gasteiger partial charge in [0.05, 0.1) is 5.57 Å². The zero-order valence-corrected chi connectivity index (χ0v) is 14.3. The van der Waals surface area contributed by atoms with Gasteiger partial charge >= 0.3 is 0 Å². The van der Waals surface area contributed by atoms with Crippen molar-refractivity contribution >= 4 is 11.6 Å². The molecule has 26 heavy (non-hydrogen) atoms. The summed E-state index contributed by atoms with van der Waals surface area (Å²) in [5.74, 6) is 4.33. The average Bonchev–Trinajstić information content (AvgIpc) is 3.07. The highest BCUT2D eigenvalue weighted by atomic mass is 16.5. The highest BCUT2D eigenvalue weighted by Crippen LogP contribution is 2.22. The topological polar surface area (TPSA) is 63.7 Å². The Kier molecular flexibility index (Phi) is 5.12. The van der Waals surface area contributed by atoms with Gasteiger partial charge in [0, 0.05) is 12.6 Å². The van der Waals surface area contributed by atoms with Crippen LogP contribution < -0.4 is 4.74 Å². The van der Waals surface area contributed by atoms with Crippen LogP contribution >= 0.6 is 0 Å². The second-order valence-corrected chi connectivity index (χ2v) is 5.50. The van der Waals surface area contributed by atoms with Crippen molar-refractivity contribution in [2.45, 2.75) is 0 Å². The Hall–Kier alpha value is -3.83. The summed E-state index contributed by atoms with van der Waals surface area (Å²) in [7, 11) is 1.85. The summed E-state index contributed by atoms with van der Waals surface area (Å²) in [6, 6.07) is 19.3. The lowest BCUT2D eigenvalue weighted by Gasteiger charge is -2.04. The number of terminal acetylenes is 1.